The summed E-state index contributed by atoms with van der Waals surface area (Å²) in [5.74, 6) is -0.0285. The quantitative estimate of drug-likeness (QED) is 0.608. The lowest BCUT2D eigenvalue weighted by Crippen LogP contribution is -1.99. The SMILES string of the molecule is CCO/C(CF)=C(\C#N)c1cccc(Cl)c1Cl. The van der Waals surface area contributed by atoms with Crippen LogP contribution in [0.2, 0.25) is 10.0 Å². The number of ether oxygens (including phenoxy) is 1. The van der Waals surface area contributed by atoms with E-state index in [4.69, 9.17) is 33.2 Å². The normalized spacial score (nSPS) is 11.7. The fourth-order valence-corrected chi connectivity index (χ4v) is 1.72. The van der Waals surface area contributed by atoms with E-state index in [0.717, 1.165) is 0 Å². The van der Waals surface area contributed by atoms with Crippen LogP contribution >= 0.6 is 23.2 Å². The summed E-state index contributed by atoms with van der Waals surface area (Å²) in [4.78, 5) is 0. The van der Waals surface area contributed by atoms with Crippen molar-refractivity contribution in [3.63, 3.8) is 0 Å². The van der Waals surface area contributed by atoms with Crippen LogP contribution in [0.4, 0.5) is 4.39 Å². The first-order valence-electron chi connectivity index (χ1n) is 4.92. The largest absolute Gasteiger partial charge is 0.494 e. The lowest BCUT2D eigenvalue weighted by atomic mass is 10.1. The molecule has 0 unspecified atom stereocenters. The van der Waals surface area contributed by atoms with E-state index in [0.29, 0.717) is 10.6 Å². The Bertz CT molecular complexity index is 480. The third-order valence-electron chi connectivity index (χ3n) is 2.05. The molecule has 0 heterocycles. The molecule has 0 amide bonds. The topological polar surface area (TPSA) is 33.0 Å². The van der Waals surface area contributed by atoms with E-state index in [1.165, 1.54) is 0 Å². The third kappa shape index (κ3) is 3.12. The van der Waals surface area contributed by atoms with Crippen LogP contribution in [0.5, 0.6) is 0 Å². The Kier molecular flexibility index (Phi) is 5.27. The maximum atomic E-state index is 12.8. The van der Waals surface area contributed by atoms with Gasteiger partial charge in [0.1, 0.15) is 24.1 Å². The predicted octanol–water partition coefficient (Wildman–Crippen LogP) is 4.23. The lowest BCUT2D eigenvalue weighted by Gasteiger charge is -2.10. The number of hydrogen-bond acceptors (Lipinski definition) is 2. The monoisotopic (exact) mass is 273 g/mol. The second-order valence-electron chi connectivity index (χ2n) is 3.08. The molecule has 0 aliphatic rings. The van der Waals surface area contributed by atoms with Gasteiger partial charge < -0.3 is 4.74 Å². The van der Waals surface area contributed by atoms with Gasteiger partial charge in [0, 0.05) is 5.56 Å². The molecule has 17 heavy (non-hydrogen) atoms. The van der Waals surface area contributed by atoms with E-state index < -0.39 is 6.67 Å². The lowest BCUT2D eigenvalue weighted by molar-refractivity contribution is 0.207. The number of allylic oxidation sites excluding steroid dienone is 2. The van der Waals surface area contributed by atoms with Gasteiger partial charge in [0.15, 0.2) is 0 Å². The van der Waals surface area contributed by atoms with Crippen molar-refractivity contribution in [3.05, 3.63) is 39.6 Å². The summed E-state index contributed by atoms with van der Waals surface area (Å²) in [7, 11) is 0. The van der Waals surface area contributed by atoms with Crippen molar-refractivity contribution in [1.82, 2.24) is 0 Å². The maximum Gasteiger partial charge on any atom is 0.148 e. The molecule has 0 spiro atoms. The Labute approximate surface area is 109 Å². The molecule has 0 atom stereocenters. The van der Waals surface area contributed by atoms with Crippen molar-refractivity contribution < 1.29 is 9.13 Å². The van der Waals surface area contributed by atoms with Gasteiger partial charge in [-0.15, -0.1) is 0 Å². The van der Waals surface area contributed by atoms with E-state index in [9.17, 15) is 4.39 Å². The zero-order chi connectivity index (χ0) is 12.8. The molecule has 0 N–H and O–H groups in total. The average molecular weight is 274 g/mol. The first-order chi connectivity index (χ1) is 8.15. The molecule has 0 aliphatic heterocycles. The van der Waals surface area contributed by atoms with E-state index in [1.54, 1.807) is 25.1 Å². The smallest absolute Gasteiger partial charge is 0.148 e. The fraction of sp³-hybridized carbons (Fsp3) is 0.250. The van der Waals surface area contributed by atoms with Crippen LogP contribution < -0.4 is 0 Å². The molecule has 0 saturated carbocycles. The van der Waals surface area contributed by atoms with Gasteiger partial charge >= 0.3 is 0 Å². The van der Waals surface area contributed by atoms with Crippen LogP contribution in [0.3, 0.4) is 0 Å². The van der Waals surface area contributed by atoms with Gasteiger partial charge in [-0.1, -0.05) is 35.3 Å². The van der Waals surface area contributed by atoms with Gasteiger partial charge in [0.25, 0.3) is 0 Å². The highest BCUT2D eigenvalue weighted by atomic mass is 35.5. The number of nitrogens with zero attached hydrogens (tertiary/aromatic N) is 1. The molecular formula is C12H10Cl2FNO. The predicted molar refractivity (Wildman–Crippen MR) is 66.6 cm³/mol. The van der Waals surface area contributed by atoms with Crippen LogP contribution in [-0.4, -0.2) is 13.3 Å². The molecule has 5 heteroatoms. The molecule has 1 aromatic carbocycles. The van der Waals surface area contributed by atoms with Crippen LogP contribution in [0, 0.1) is 11.3 Å². The summed E-state index contributed by atoms with van der Waals surface area (Å²) in [6, 6.07) is 6.73. The molecule has 1 aromatic rings. The summed E-state index contributed by atoms with van der Waals surface area (Å²) >= 11 is 11.8. The molecule has 0 aliphatic carbocycles. The number of rotatable bonds is 4. The van der Waals surface area contributed by atoms with Crippen LogP contribution in [0.15, 0.2) is 24.0 Å². The summed E-state index contributed by atoms with van der Waals surface area (Å²) in [6.45, 7) is 1.13. The second kappa shape index (κ2) is 6.48. The molecule has 90 valence electrons. The van der Waals surface area contributed by atoms with Gasteiger partial charge in [0.2, 0.25) is 0 Å². The Morgan fingerprint density at radius 2 is 2.18 bits per heavy atom. The number of alkyl halides is 1. The van der Waals surface area contributed by atoms with Crippen LogP contribution in [-0.2, 0) is 4.74 Å². The van der Waals surface area contributed by atoms with Crippen molar-refractivity contribution in [1.29, 1.82) is 5.26 Å². The highest BCUT2D eigenvalue weighted by Gasteiger charge is 2.15. The minimum absolute atomic E-state index is 0.0285. The zero-order valence-electron chi connectivity index (χ0n) is 9.14. The number of hydrogen-bond donors (Lipinski definition) is 0. The molecule has 0 fully saturated rings. The van der Waals surface area contributed by atoms with E-state index in [-0.39, 0.29) is 23.0 Å². The third-order valence-corrected chi connectivity index (χ3v) is 2.87. The van der Waals surface area contributed by atoms with Crippen LogP contribution in [0.25, 0.3) is 5.57 Å². The first-order valence-corrected chi connectivity index (χ1v) is 5.67. The Morgan fingerprint density at radius 3 is 2.71 bits per heavy atom. The van der Waals surface area contributed by atoms with Crippen molar-refractivity contribution in [2.45, 2.75) is 6.92 Å². The second-order valence-corrected chi connectivity index (χ2v) is 3.86. The number of halogens is 3. The summed E-state index contributed by atoms with van der Waals surface area (Å²) in [5, 5.41) is 9.60. The van der Waals surface area contributed by atoms with Crippen molar-refractivity contribution in [2.24, 2.45) is 0 Å². The molecule has 0 saturated heterocycles. The van der Waals surface area contributed by atoms with Crippen molar-refractivity contribution in [2.75, 3.05) is 13.3 Å². The summed E-state index contributed by atoms with van der Waals surface area (Å²) < 4.78 is 17.9. The standard InChI is InChI=1S/C12H10Cl2FNO/c1-2-17-11(6-15)9(7-16)8-4-3-5-10(13)12(8)14/h3-5H,2,6H2,1H3/b11-9+. The van der Waals surface area contributed by atoms with Crippen LogP contribution in [0.1, 0.15) is 12.5 Å². The Morgan fingerprint density at radius 1 is 1.47 bits per heavy atom. The van der Waals surface area contributed by atoms with E-state index >= 15 is 0 Å². The van der Waals surface area contributed by atoms with Gasteiger partial charge in [-0.2, -0.15) is 5.26 Å². The fourth-order valence-electron chi connectivity index (χ4n) is 1.32. The first kappa shape index (κ1) is 13.8. The maximum absolute atomic E-state index is 12.8. The van der Waals surface area contributed by atoms with Crippen molar-refractivity contribution >= 4 is 28.8 Å². The van der Waals surface area contributed by atoms with E-state index in [2.05, 4.69) is 0 Å². The molecule has 0 aromatic heterocycles. The number of benzene rings is 1. The highest BCUT2D eigenvalue weighted by Crippen LogP contribution is 2.32. The van der Waals surface area contributed by atoms with Gasteiger partial charge in [-0.05, 0) is 13.0 Å². The van der Waals surface area contributed by atoms with E-state index in [1.807, 2.05) is 6.07 Å². The minimum atomic E-state index is -0.862. The molecule has 2 nitrogen and oxygen atoms in total. The highest BCUT2D eigenvalue weighted by molar-refractivity contribution is 6.43. The van der Waals surface area contributed by atoms with Crippen molar-refractivity contribution in [3.8, 4) is 6.07 Å². The van der Waals surface area contributed by atoms with Gasteiger partial charge in [-0.3, -0.25) is 0 Å². The molecule has 0 bridgehead atoms. The summed E-state index contributed by atoms with van der Waals surface area (Å²) in [6.07, 6.45) is 0. The number of nitriles is 1. The zero-order valence-corrected chi connectivity index (χ0v) is 10.6. The molecule has 0 radical (unpaired) electrons. The van der Waals surface area contributed by atoms with Gasteiger partial charge in [-0.25, -0.2) is 4.39 Å². The summed E-state index contributed by atoms with van der Waals surface area (Å²) in [5.41, 5.74) is 0.449. The average Bonchev–Trinajstić information content (AvgIpc) is 2.34. The Balaban J connectivity index is 3.36. The molecule has 1 rings (SSSR count). The van der Waals surface area contributed by atoms with Gasteiger partial charge in [0.05, 0.1) is 16.7 Å². The molecular weight excluding hydrogens is 264 g/mol. The minimum Gasteiger partial charge on any atom is -0.494 e. The Hall–Kier alpha value is -1.24.